The van der Waals surface area contributed by atoms with Gasteiger partial charge in [0.1, 0.15) is 0 Å². The molecule has 24 heavy (non-hydrogen) atoms. The van der Waals surface area contributed by atoms with Gasteiger partial charge in [-0.1, -0.05) is 36.5 Å². The van der Waals surface area contributed by atoms with Crippen LogP contribution in [0, 0.1) is 17.8 Å². The molecule has 0 saturated carbocycles. The average Bonchev–Trinajstić information content (AvgIpc) is 2.70. The van der Waals surface area contributed by atoms with Crippen molar-refractivity contribution in [3.63, 3.8) is 0 Å². The molecule has 1 saturated heterocycles. The smallest absolute Gasteiger partial charge is 0.167 e. The van der Waals surface area contributed by atoms with Crippen molar-refractivity contribution in [2.75, 3.05) is 0 Å². The lowest BCUT2D eigenvalue weighted by atomic mass is 9.90. The van der Waals surface area contributed by atoms with E-state index in [4.69, 9.17) is 14.2 Å². The second-order valence-corrected chi connectivity index (χ2v) is 7.65. The summed E-state index contributed by atoms with van der Waals surface area (Å²) in [7, 11) is 0. The highest BCUT2D eigenvalue weighted by atomic mass is 16.9. The minimum Gasteiger partial charge on any atom is -0.323 e. The van der Waals surface area contributed by atoms with Crippen LogP contribution in [0.3, 0.4) is 0 Å². The molecule has 0 aromatic rings. The molecule has 1 heterocycles. The zero-order valence-electron chi connectivity index (χ0n) is 14.5. The van der Waals surface area contributed by atoms with E-state index in [2.05, 4.69) is 36.5 Å². The molecular weight excluding hydrogens is 300 g/mol. The van der Waals surface area contributed by atoms with Crippen LogP contribution in [0.4, 0.5) is 0 Å². The van der Waals surface area contributed by atoms with E-state index < -0.39 is 0 Å². The van der Waals surface area contributed by atoms with Gasteiger partial charge in [-0.15, -0.1) is 0 Å². The van der Waals surface area contributed by atoms with E-state index in [1.165, 1.54) is 0 Å². The van der Waals surface area contributed by atoms with Crippen LogP contribution in [0.2, 0.25) is 0 Å². The first-order chi connectivity index (χ1) is 11.9. The summed E-state index contributed by atoms with van der Waals surface area (Å²) in [5.74, 6) is 1.42. The Kier molecular flexibility index (Phi) is 5.51. The summed E-state index contributed by atoms with van der Waals surface area (Å²) in [5, 5.41) is 0. The van der Waals surface area contributed by atoms with Crippen molar-refractivity contribution in [1.29, 1.82) is 0 Å². The summed E-state index contributed by atoms with van der Waals surface area (Å²) in [4.78, 5) is 0. The molecule has 0 N–H and O–H groups in total. The first-order valence-electron chi connectivity index (χ1n) is 9.81. The van der Waals surface area contributed by atoms with Gasteiger partial charge in [0.25, 0.3) is 0 Å². The molecule has 0 aromatic carbocycles. The van der Waals surface area contributed by atoms with Crippen LogP contribution in [-0.2, 0) is 14.2 Å². The quantitative estimate of drug-likeness (QED) is 0.674. The Bertz CT molecular complexity index is 418. The minimum absolute atomic E-state index is 0.101. The molecule has 0 bridgehead atoms. The predicted octanol–water partition coefficient (Wildman–Crippen LogP) is 5.10. The van der Waals surface area contributed by atoms with E-state index in [-0.39, 0.29) is 18.9 Å². The van der Waals surface area contributed by atoms with Gasteiger partial charge in [-0.2, -0.15) is 0 Å². The molecule has 3 nitrogen and oxygen atoms in total. The number of hydrogen-bond donors (Lipinski definition) is 0. The summed E-state index contributed by atoms with van der Waals surface area (Å²) in [6, 6.07) is 0. The van der Waals surface area contributed by atoms with Crippen LogP contribution < -0.4 is 0 Å². The number of allylic oxidation sites excluding steroid dienone is 6. The standard InChI is InChI=1S/C21H30O3/c1-4-10-16(11-5-1)19-22-20(17-12-6-2-7-13-17)24-21(23-19)18-14-8-3-9-15-18/h1-4,6,8,16-21H,5,7,9-15H2/t16-,17-,18+,19?,20?,21?/m0/s1. The molecule has 4 aliphatic rings. The fourth-order valence-electron chi connectivity index (χ4n) is 4.35. The lowest BCUT2D eigenvalue weighted by Gasteiger charge is -2.44. The Morgan fingerprint density at radius 2 is 0.792 bits per heavy atom. The van der Waals surface area contributed by atoms with Crippen LogP contribution in [0.1, 0.15) is 57.8 Å². The van der Waals surface area contributed by atoms with E-state index in [9.17, 15) is 0 Å². The van der Waals surface area contributed by atoms with Crippen molar-refractivity contribution < 1.29 is 14.2 Å². The molecule has 3 heteroatoms. The molecule has 1 fully saturated rings. The van der Waals surface area contributed by atoms with Crippen molar-refractivity contribution in [3.8, 4) is 0 Å². The third-order valence-electron chi connectivity index (χ3n) is 5.89. The molecule has 0 spiro atoms. The summed E-state index contributed by atoms with van der Waals surface area (Å²) < 4.78 is 19.1. The first-order valence-corrected chi connectivity index (χ1v) is 9.81. The third kappa shape index (κ3) is 3.84. The van der Waals surface area contributed by atoms with Gasteiger partial charge in [-0.3, -0.25) is 0 Å². The van der Waals surface area contributed by atoms with Gasteiger partial charge < -0.3 is 14.2 Å². The Balaban J connectivity index is 1.47. The van der Waals surface area contributed by atoms with Crippen molar-refractivity contribution in [3.05, 3.63) is 36.5 Å². The minimum atomic E-state index is -0.101. The predicted molar refractivity (Wildman–Crippen MR) is 94.1 cm³/mol. The van der Waals surface area contributed by atoms with Gasteiger partial charge in [0, 0.05) is 17.8 Å². The Morgan fingerprint density at radius 3 is 1.04 bits per heavy atom. The highest BCUT2D eigenvalue weighted by Crippen LogP contribution is 2.38. The monoisotopic (exact) mass is 330 g/mol. The Labute approximate surface area is 145 Å². The van der Waals surface area contributed by atoms with E-state index >= 15 is 0 Å². The second kappa shape index (κ2) is 7.99. The van der Waals surface area contributed by atoms with Gasteiger partial charge >= 0.3 is 0 Å². The molecule has 3 aliphatic carbocycles. The van der Waals surface area contributed by atoms with Crippen molar-refractivity contribution in [2.45, 2.75) is 76.7 Å². The molecule has 0 amide bonds. The van der Waals surface area contributed by atoms with E-state index in [0.29, 0.717) is 17.8 Å². The lowest BCUT2D eigenvalue weighted by Crippen LogP contribution is -2.49. The Morgan fingerprint density at radius 1 is 0.458 bits per heavy atom. The van der Waals surface area contributed by atoms with E-state index in [1.54, 1.807) is 0 Å². The number of rotatable bonds is 3. The van der Waals surface area contributed by atoms with Crippen LogP contribution in [0.15, 0.2) is 36.5 Å². The fraction of sp³-hybridized carbons (Fsp3) is 0.714. The van der Waals surface area contributed by atoms with Gasteiger partial charge in [0.2, 0.25) is 0 Å². The molecule has 4 rings (SSSR count). The van der Waals surface area contributed by atoms with Crippen LogP contribution in [-0.4, -0.2) is 18.9 Å². The van der Waals surface area contributed by atoms with E-state index in [0.717, 1.165) is 57.8 Å². The maximum atomic E-state index is 6.36. The second-order valence-electron chi connectivity index (χ2n) is 7.65. The van der Waals surface area contributed by atoms with Gasteiger partial charge in [-0.05, 0) is 57.8 Å². The molecule has 0 radical (unpaired) electrons. The van der Waals surface area contributed by atoms with Crippen molar-refractivity contribution in [1.82, 2.24) is 0 Å². The maximum absolute atomic E-state index is 6.36. The summed E-state index contributed by atoms with van der Waals surface area (Å²) >= 11 is 0. The van der Waals surface area contributed by atoms with Gasteiger partial charge in [0.05, 0.1) is 0 Å². The summed E-state index contributed by atoms with van der Waals surface area (Å²) in [6.45, 7) is 0. The molecular formula is C21H30O3. The van der Waals surface area contributed by atoms with Gasteiger partial charge in [0.15, 0.2) is 18.9 Å². The topological polar surface area (TPSA) is 27.7 Å². The molecule has 0 aromatic heterocycles. The summed E-state index contributed by atoms with van der Waals surface area (Å²) in [6.07, 6.45) is 23.5. The highest BCUT2D eigenvalue weighted by Gasteiger charge is 2.41. The normalized spacial score (nSPS) is 43.0. The van der Waals surface area contributed by atoms with Crippen molar-refractivity contribution >= 4 is 0 Å². The fourth-order valence-corrected chi connectivity index (χ4v) is 4.35. The molecule has 2 unspecified atom stereocenters. The first kappa shape index (κ1) is 16.6. The van der Waals surface area contributed by atoms with Crippen LogP contribution >= 0.6 is 0 Å². The van der Waals surface area contributed by atoms with E-state index in [1.807, 2.05) is 0 Å². The third-order valence-corrected chi connectivity index (χ3v) is 5.89. The lowest BCUT2D eigenvalue weighted by molar-refractivity contribution is -0.415. The molecule has 5 atom stereocenters. The van der Waals surface area contributed by atoms with Crippen molar-refractivity contribution in [2.24, 2.45) is 17.8 Å². The average molecular weight is 330 g/mol. The number of ether oxygens (including phenoxy) is 3. The van der Waals surface area contributed by atoms with Crippen LogP contribution in [0.25, 0.3) is 0 Å². The zero-order valence-corrected chi connectivity index (χ0v) is 14.5. The van der Waals surface area contributed by atoms with Crippen LogP contribution in [0.5, 0.6) is 0 Å². The maximum Gasteiger partial charge on any atom is 0.167 e. The van der Waals surface area contributed by atoms with Gasteiger partial charge in [-0.25, -0.2) is 0 Å². The SMILES string of the molecule is C1=CC[C@@H](C2OC([C@H]3CC=CCC3)OC([C@H]3CC=CCC3)O2)CC1. The Hall–Kier alpha value is -0.900. The largest absolute Gasteiger partial charge is 0.323 e. The highest BCUT2D eigenvalue weighted by molar-refractivity contribution is 4.95. The number of hydrogen-bond acceptors (Lipinski definition) is 3. The zero-order chi connectivity index (χ0) is 16.2. The molecule has 132 valence electrons. The molecule has 1 aliphatic heterocycles. The summed E-state index contributed by atoms with van der Waals surface area (Å²) in [5.41, 5.74) is 0.